The van der Waals surface area contributed by atoms with E-state index in [2.05, 4.69) is 9.88 Å². The third-order valence-corrected chi connectivity index (χ3v) is 5.09. The van der Waals surface area contributed by atoms with Crippen molar-refractivity contribution in [2.45, 2.75) is 38.8 Å². The van der Waals surface area contributed by atoms with Crippen molar-refractivity contribution < 1.29 is 4.92 Å². The molecule has 7 heteroatoms. The van der Waals surface area contributed by atoms with Gasteiger partial charge in [0.1, 0.15) is 12.7 Å². The molecular formula is C14H23N5O2. The molecule has 3 atom stereocenters. The zero-order valence-corrected chi connectivity index (χ0v) is 12.4. The van der Waals surface area contributed by atoms with Gasteiger partial charge in [0.05, 0.1) is 0 Å². The molecule has 1 aromatic heterocycles. The molecular weight excluding hydrogens is 270 g/mol. The molecule has 0 aromatic carbocycles. The molecule has 1 aliphatic carbocycles. The molecule has 0 spiro atoms. The standard InChI is InChI=1S/C14H23N5O2/c1-10-16-7-14(19(20)21)18(10)6-5-17-8-11-3-2-4-13(15)12(11)9-17/h7,11-13H,2-6,8-9,15H2,1H3. The smallest absolute Gasteiger partial charge is 0.342 e. The summed E-state index contributed by atoms with van der Waals surface area (Å²) in [5.41, 5.74) is 6.23. The highest BCUT2D eigenvalue weighted by Crippen LogP contribution is 2.35. The van der Waals surface area contributed by atoms with Crippen molar-refractivity contribution in [3.05, 3.63) is 22.1 Å². The summed E-state index contributed by atoms with van der Waals surface area (Å²) in [6.45, 7) is 5.38. The number of rotatable bonds is 4. The second kappa shape index (κ2) is 5.73. The molecule has 3 rings (SSSR count). The molecule has 1 aliphatic heterocycles. The van der Waals surface area contributed by atoms with Gasteiger partial charge in [-0.15, -0.1) is 0 Å². The predicted octanol–water partition coefficient (Wildman–Crippen LogP) is 1.16. The van der Waals surface area contributed by atoms with E-state index >= 15 is 0 Å². The summed E-state index contributed by atoms with van der Waals surface area (Å²) in [6.07, 6.45) is 5.00. The summed E-state index contributed by atoms with van der Waals surface area (Å²) in [7, 11) is 0. The minimum atomic E-state index is -0.361. The molecule has 2 fully saturated rings. The van der Waals surface area contributed by atoms with E-state index in [4.69, 9.17) is 5.73 Å². The Kier molecular flexibility index (Phi) is 3.95. The Morgan fingerprint density at radius 3 is 2.95 bits per heavy atom. The van der Waals surface area contributed by atoms with Crippen LogP contribution in [0, 0.1) is 28.9 Å². The summed E-state index contributed by atoms with van der Waals surface area (Å²) in [4.78, 5) is 17.1. The van der Waals surface area contributed by atoms with E-state index < -0.39 is 0 Å². The Hall–Kier alpha value is -1.47. The quantitative estimate of drug-likeness (QED) is 0.664. The minimum absolute atomic E-state index is 0.0841. The molecule has 21 heavy (non-hydrogen) atoms. The van der Waals surface area contributed by atoms with Gasteiger partial charge in [0.15, 0.2) is 5.82 Å². The van der Waals surface area contributed by atoms with Gasteiger partial charge in [-0.3, -0.25) is 4.90 Å². The molecule has 2 heterocycles. The van der Waals surface area contributed by atoms with Crippen molar-refractivity contribution in [1.82, 2.24) is 14.5 Å². The van der Waals surface area contributed by atoms with Crippen LogP contribution in [0.4, 0.5) is 5.82 Å². The zero-order chi connectivity index (χ0) is 15.0. The third-order valence-electron chi connectivity index (χ3n) is 5.09. The Labute approximate surface area is 124 Å². The number of aryl methyl sites for hydroxylation is 1. The van der Waals surface area contributed by atoms with Crippen LogP contribution in [0.2, 0.25) is 0 Å². The van der Waals surface area contributed by atoms with Crippen molar-refractivity contribution in [3.63, 3.8) is 0 Å². The number of fused-ring (bicyclic) bond motifs is 1. The number of nitro groups is 1. The number of aromatic nitrogens is 2. The first kappa shape index (κ1) is 14.5. The molecule has 1 aromatic rings. The topological polar surface area (TPSA) is 90.2 Å². The molecule has 1 saturated carbocycles. The van der Waals surface area contributed by atoms with Gasteiger partial charge in [-0.2, -0.15) is 0 Å². The van der Waals surface area contributed by atoms with E-state index in [1.165, 1.54) is 19.0 Å². The second-order valence-corrected chi connectivity index (χ2v) is 6.35. The van der Waals surface area contributed by atoms with Crippen LogP contribution in [0.5, 0.6) is 0 Å². The lowest BCUT2D eigenvalue weighted by Gasteiger charge is -2.29. The SMILES string of the molecule is Cc1ncc([N+](=O)[O-])n1CCN1CC2CCCC(N)C2C1. The summed E-state index contributed by atoms with van der Waals surface area (Å²) in [5.74, 6) is 2.11. The fourth-order valence-corrected chi connectivity index (χ4v) is 3.91. The van der Waals surface area contributed by atoms with Crippen molar-refractivity contribution >= 4 is 5.82 Å². The number of likely N-dealkylation sites (tertiary alicyclic amines) is 1. The molecule has 1 saturated heterocycles. The highest BCUT2D eigenvalue weighted by atomic mass is 16.6. The van der Waals surface area contributed by atoms with Crippen LogP contribution < -0.4 is 5.73 Å². The fraction of sp³-hybridized carbons (Fsp3) is 0.786. The van der Waals surface area contributed by atoms with Gasteiger partial charge in [-0.25, -0.2) is 9.55 Å². The summed E-state index contributed by atoms with van der Waals surface area (Å²) in [5, 5.41) is 11.0. The maximum Gasteiger partial charge on any atom is 0.342 e. The van der Waals surface area contributed by atoms with E-state index in [1.54, 1.807) is 4.57 Å². The van der Waals surface area contributed by atoms with Crippen molar-refractivity contribution in [2.24, 2.45) is 17.6 Å². The van der Waals surface area contributed by atoms with E-state index in [0.717, 1.165) is 26.1 Å². The lowest BCUT2D eigenvalue weighted by molar-refractivity contribution is -0.392. The van der Waals surface area contributed by atoms with Gasteiger partial charge >= 0.3 is 5.82 Å². The molecule has 2 N–H and O–H groups in total. The number of hydrogen-bond acceptors (Lipinski definition) is 5. The van der Waals surface area contributed by atoms with Crippen LogP contribution in [-0.4, -0.2) is 45.1 Å². The van der Waals surface area contributed by atoms with Crippen LogP contribution >= 0.6 is 0 Å². The van der Waals surface area contributed by atoms with Crippen LogP contribution in [0.15, 0.2) is 6.20 Å². The summed E-state index contributed by atoms with van der Waals surface area (Å²) >= 11 is 0. The maximum absolute atomic E-state index is 11.0. The highest BCUT2D eigenvalue weighted by molar-refractivity contribution is 5.18. The van der Waals surface area contributed by atoms with Gasteiger partial charge in [0.25, 0.3) is 0 Å². The normalized spacial score (nSPS) is 29.5. The minimum Gasteiger partial charge on any atom is -0.358 e. The lowest BCUT2D eigenvalue weighted by atomic mass is 9.78. The third kappa shape index (κ3) is 2.80. The van der Waals surface area contributed by atoms with Gasteiger partial charge < -0.3 is 15.8 Å². The fourth-order valence-electron chi connectivity index (χ4n) is 3.91. The molecule has 116 valence electrons. The van der Waals surface area contributed by atoms with Crippen molar-refractivity contribution in [3.8, 4) is 0 Å². The zero-order valence-electron chi connectivity index (χ0n) is 12.4. The number of nitrogens with two attached hydrogens (primary N) is 1. The number of imidazole rings is 1. The highest BCUT2D eigenvalue weighted by Gasteiger charge is 2.38. The summed E-state index contributed by atoms with van der Waals surface area (Å²) < 4.78 is 1.70. The Balaban J connectivity index is 1.61. The van der Waals surface area contributed by atoms with Gasteiger partial charge in [-0.1, -0.05) is 6.42 Å². The Bertz CT molecular complexity index is 529. The van der Waals surface area contributed by atoms with Crippen LogP contribution in [-0.2, 0) is 6.54 Å². The average molecular weight is 293 g/mol. The molecule has 7 nitrogen and oxygen atoms in total. The van der Waals surface area contributed by atoms with Crippen molar-refractivity contribution in [2.75, 3.05) is 19.6 Å². The second-order valence-electron chi connectivity index (χ2n) is 6.35. The molecule has 0 bridgehead atoms. The molecule has 2 aliphatic rings. The van der Waals surface area contributed by atoms with Crippen LogP contribution in [0.25, 0.3) is 0 Å². The Morgan fingerprint density at radius 1 is 1.43 bits per heavy atom. The van der Waals surface area contributed by atoms with Crippen LogP contribution in [0.3, 0.4) is 0 Å². The monoisotopic (exact) mass is 293 g/mol. The largest absolute Gasteiger partial charge is 0.358 e. The lowest BCUT2D eigenvalue weighted by Crippen LogP contribution is -2.38. The maximum atomic E-state index is 11.0. The van der Waals surface area contributed by atoms with Gasteiger partial charge in [0.2, 0.25) is 0 Å². The van der Waals surface area contributed by atoms with Gasteiger partial charge in [0, 0.05) is 32.6 Å². The number of nitrogens with zero attached hydrogens (tertiary/aromatic N) is 4. The number of hydrogen-bond donors (Lipinski definition) is 1. The van der Waals surface area contributed by atoms with E-state index in [0.29, 0.717) is 30.2 Å². The average Bonchev–Trinajstić information content (AvgIpc) is 3.01. The summed E-state index contributed by atoms with van der Waals surface area (Å²) in [6, 6.07) is 0.332. The van der Waals surface area contributed by atoms with Crippen molar-refractivity contribution in [1.29, 1.82) is 0 Å². The molecule has 0 amide bonds. The first-order valence-electron chi connectivity index (χ1n) is 7.70. The van der Waals surface area contributed by atoms with E-state index in [-0.39, 0.29) is 10.7 Å². The molecule has 3 unspecified atom stereocenters. The van der Waals surface area contributed by atoms with E-state index in [9.17, 15) is 10.1 Å². The molecule has 0 radical (unpaired) electrons. The Morgan fingerprint density at radius 2 is 2.24 bits per heavy atom. The predicted molar refractivity (Wildman–Crippen MR) is 78.9 cm³/mol. The van der Waals surface area contributed by atoms with E-state index in [1.807, 2.05) is 6.92 Å². The first-order chi connectivity index (χ1) is 10.1. The first-order valence-corrected chi connectivity index (χ1v) is 7.70. The van der Waals surface area contributed by atoms with Gasteiger partial charge in [-0.05, 0) is 29.6 Å². The van der Waals surface area contributed by atoms with Crippen LogP contribution in [0.1, 0.15) is 25.1 Å².